The van der Waals surface area contributed by atoms with Crippen LogP contribution in [0.2, 0.25) is 0 Å². The molecule has 0 aliphatic rings. The summed E-state index contributed by atoms with van der Waals surface area (Å²) in [5, 5.41) is 0. The van der Waals surface area contributed by atoms with Crippen LogP contribution in [0.1, 0.15) is 10.4 Å². The van der Waals surface area contributed by atoms with E-state index in [9.17, 15) is 4.79 Å². The van der Waals surface area contributed by atoms with Gasteiger partial charge in [0.1, 0.15) is 7.85 Å². The van der Waals surface area contributed by atoms with E-state index in [1.807, 2.05) is 13.9 Å². The van der Waals surface area contributed by atoms with Crippen molar-refractivity contribution in [2.24, 2.45) is 0 Å². The molecule has 0 amide bonds. The number of nitrogens with zero attached hydrogens (tertiary/aromatic N) is 2. The Bertz CT molecular complexity index is 558. The number of pyridine rings is 2. The third-order valence-corrected chi connectivity index (χ3v) is 2.37. The fraction of sp³-hybridized carbons (Fsp3) is 0.0833. The van der Waals surface area contributed by atoms with Gasteiger partial charge in [0.15, 0.2) is 0 Å². The number of hydrogen-bond acceptors (Lipinski definition) is 4. The van der Waals surface area contributed by atoms with Gasteiger partial charge in [0, 0.05) is 35.9 Å². The average Bonchev–Trinajstić information content (AvgIpc) is 2.38. The zero-order valence-corrected chi connectivity index (χ0v) is 9.68. The van der Waals surface area contributed by atoms with Crippen molar-refractivity contribution in [2.45, 2.75) is 0 Å². The molecule has 2 aromatic heterocycles. The summed E-state index contributed by atoms with van der Waals surface area (Å²) < 4.78 is 4.66. The van der Waals surface area contributed by atoms with Crippen molar-refractivity contribution in [3.05, 3.63) is 42.5 Å². The lowest BCUT2D eigenvalue weighted by Crippen LogP contribution is -2.04. The summed E-state index contributed by atoms with van der Waals surface area (Å²) in [5.74, 6) is -0.389. The normalized spacial score (nSPS) is 9.94. The Labute approximate surface area is 100 Å². The Balaban J connectivity index is 2.43. The molecular formula is C12H11BN2O2. The van der Waals surface area contributed by atoms with Crippen LogP contribution >= 0.6 is 0 Å². The second-order valence-electron chi connectivity index (χ2n) is 3.70. The lowest BCUT2D eigenvalue weighted by atomic mass is 9.95. The van der Waals surface area contributed by atoms with E-state index in [1.54, 1.807) is 24.7 Å². The summed E-state index contributed by atoms with van der Waals surface area (Å²) >= 11 is 0. The van der Waals surface area contributed by atoms with Gasteiger partial charge in [-0.3, -0.25) is 9.97 Å². The second kappa shape index (κ2) is 4.78. The van der Waals surface area contributed by atoms with Crippen LogP contribution < -0.4 is 5.46 Å². The van der Waals surface area contributed by atoms with Crippen molar-refractivity contribution < 1.29 is 9.53 Å². The highest BCUT2D eigenvalue weighted by molar-refractivity contribution is 6.32. The molecule has 17 heavy (non-hydrogen) atoms. The topological polar surface area (TPSA) is 52.1 Å². The number of aromatic nitrogens is 2. The van der Waals surface area contributed by atoms with Gasteiger partial charge in [-0.05, 0) is 6.07 Å². The number of ether oxygens (including phenoxy) is 1. The predicted octanol–water partition coefficient (Wildman–Crippen LogP) is 0.189. The molecule has 2 aromatic rings. The smallest absolute Gasteiger partial charge is 0.339 e. The van der Waals surface area contributed by atoms with Gasteiger partial charge in [-0.25, -0.2) is 4.79 Å². The molecular weight excluding hydrogens is 215 g/mol. The quantitative estimate of drug-likeness (QED) is 0.541. The zero-order chi connectivity index (χ0) is 12.3. The van der Waals surface area contributed by atoms with Crippen molar-refractivity contribution in [2.75, 3.05) is 7.11 Å². The number of esters is 1. The maximum absolute atomic E-state index is 11.4. The minimum atomic E-state index is -0.389. The molecule has 0 N–H and O–H groups in total. The molecule has 2 rings (SSSR count). The molecule has 0 spiro atoms. The lowest BCUT2D eigenvalue weighted by Gasteiger charge is -2.04. The molecule has 84 valence electrons. The summed E-state index contributed by atoms with van der Waals surface area (Å²) in [5.41, 5.74) is 3.28. The maximum Gasteiger partial charge on any atom is 0.339 e. The number of hydrogen-bond donors (Lipinski definition) is 0. The highest BCUT2D eigenvalue weighted by atomic mass is 16.5. The Morgan fingerprint density at radius 2 is 1.76 bits per heavy atom. The molecule has 0 aliphatic heterocycles. The van der Waals surface area contributed by atoms with Gasteiger partial charge in [-0.1, -0.05) is 11.5 Å². The van der Waals surface area contributed by atoms with Crippen molar-refractivity contribution in [1.82, 2.24) is 9.97 Å². The maximum atomic E-state index is 11.4. The van der Waals surface area contributed by atoms with E-state index in [1.165, 1.54) is 13.3 Å². The van der Waals surface area contributed by atoms with Crippen LogP contribution in [0.25, 0.3) is 11.1 Å². The van der Waals surface area contributed by atoms with Crippen molar-refractivity contribution in [3.63, 3.8) is 0 Å². The number of carbonyl (C=O) groups is 1. The third kappa shape index (κ3) is 2.50. The summed E-state index contributed by atoms with van der Waals surface area (Å²) in [7, 11) is 3.32. The molecule has 0 bridgehead atoms. The van der Waals surface area contributed by atoms with Crippen molar-refractivity contribution in [3.8, 4) is 11.1 Å². The number of methoxy groups -OCH3 is 1. The highest BCUT2D eigenvalue weighted by Crippen LogP contribution is 2.17. The monoisotopic (exact) mass is 226 g/mol. The minimum Gasteiger partial charge on any atom is -0.465 e. The van der Waals surface area contributed by atoms with Crippen LogP contribution in [-0.4, -0.2) is 30.9 Å². The van der Waals surface area contributed by atoms with E-state index < -0.39 is 0 Å². The van der Waals surface area contributed by atoms with Crippen LogP contribution in [0.5, 0.6) is 0 Å². The molecule has 0 atom stereocenters. The number of rotatable bonds is 2. The number of carbonyl (C=O) groups excluding carboxylic acids is 1. The standard InChI is InChI=1S/C12H11BN2O2/c1-17-12(16)10-2-8(4-14-6-10)9-3-11(13)7-15-5-9/h2-7H,13H2,1H3. The van der Waals surface area contributed by atoms with E-state index in [2.05, 4.69) is 14.7 Å². The molecule has 0 fully saturated rings. The third-order valence-electron chi connectivity index (χ3n) is 2.37. The lowest BCUT2D eigenvalue weighted by molar-refractivity contribution is 0.0600. The van der Waals surface area contributed by atoms with E-state index in [4.69, 9.17) is 0 Å². The second-order valence-corrected chi connectivity index (χ2v) is 3.70. The van der Waals surface area contributed by atoms with Gasteiger partial charge in [0.2, 0.25) is 0 Å². The van der Waals surface area contributed by atoms with Crippen molar-refractivity contribution >= 4 is 19.3 Å². The Hall–Kier alpha value is -2.17. The molecule has 0 unspecified atom stereocenters. The van der Waals surface area contributed by atoms with Gasteiger partial charge >= 0.3 is 5.97 Å². The fourth-order valence-corrected chi connectivity index (χ4v) is 1.54. The van der Waals surface area contributed by atoms with Crippen LogP contribution in [0.4, 0.5) is 0 Å². The first-order chi connectivity index (χ1) is 8.20. The van der Waals surface area contributed by atoms with Crippen molar-refractivity contribution in [1.29, 1.82) is 0 Å². The fourth-order valence-electron chi connectivity index (χ4n) is 1.54. The van der Waals surface area contributed by atoms with E-state index >= 15 is 0 Å². The summed E-state index contributed by atoms with van der Waals surface area (Å²) in [4.78, 5) is 19.5. The molecule has 4 nitrogen and oxygen atoms in total. The zero-order valence-electron chi connectivity index (χ0n) is 9.68. The van der Waals surface area contributed by atoms with Gasteiger partial charge in [-0.15, -0.1) is 0 Å². The summed E-state index contributed by atoms with van der Waals surface area (Å²) in [6, 6.07) is 3.74. The molecule has 0 saturated heterocycles. The van der Waals surface area contributed by atoms with Crippen LogP contribution in [0.3, 0.4) is 0 Å². The molecule has 0 aliphatic carbocycles. The molecule has 0 saturated carbocycles. The molecule has 2 heterocycles. The Morgan fingerprint density at radius 3 is 2.41 bits per heavy atom. The summed E-state index contributed by atoms with van der Waals surface area (Å²) in [6.45, 7) is 0. The molecule has 0 aromatic carbocycles. The van der Waals surface area contributed by atoms with Crippen LogP contribution in [-0.2, 0) is 4.74 Å². The average molecular weight is 226 g/mol. The minimum absolute atomic E-state index is 0.389. The summed E-state index contributed by atoms with van der Waals surface area (Å²) in [6.07, 6.45) is 6.70. The van der Waals surface area contributed by atoms with Gasteiger partial charge in [0.05, 0.1) is 12.7 Å². The van der Waals surface area contributed by atoms with Crippen LogP contribution in [0.15, 0.2) is 36.9 Å². The first-order valence-corrected chi connectivity index (χ1v) is 5.16. The van der Waals surface area contributed by atoms with Gasteiger partial charge in [-0.2, -0.15) is 0 Å². The Kier molecular flexibility index (Phi) is 3.18. The van der Waals surface area contributed by atoms with E-state index in [-0.39, 0.29) is 5.97 Å². The predicted molar refractivity (Wildman–Crippen MR) is 67.0 cm³/mol. The van der Waals surface area contributed by atoms with Gasteiger partial charge in [0.25, 0.3) is 0 Å². The van der Waals surface area contributed by atoms with Crippen LogP contribution in [0, 0.1) is 0 Å². The Morgan fingerprint density at radius 1 is 1.12 bits per heavy atom. The van der Waals surface area contributed by atoms with E-state index in [0.717, 1.165) is 16.6 Å². The molecule has 0 radical (unpaired) electrons. The highest BCUT2D eigenvalue weighted by Gasteiger charge is 2.07. The van der Waals surface area contributed by atoms with E-state index in [0.29, 0.717) is 5.56 Å². The van der Waals surface area contributed by atoms with Gasteiger partial charge < -0.3 is 4.74 Å². The first-order valence-electron chi connectivity index (χ1n) is 5.16. The molecule has 5 heteroatoms. The first kappa shape index (κ1) is 11.3. The SMILES string of the molecule is Bc1cncc(-c2cncc(C(=O)OC)c2)c1. The largest absolute Gasteiger partial charge is 0.465 e.